The summed E-state index contributed by atoms with van der Waals surface area (Å²) in [6, 6.07) is 0. The van der Waals surface area contributed by atoms with Crippen molar-refractivity contribution in [3.05, 3.63) is 11.9 Å². The van der Waals surface area contributed by atoms with Crippen molar-refractivity contribution in [2.24, 2.45) is 22.7 Å². The summed E-state index contributed by atoms with van der Waals surface area (Å²) in [5.74, 6) is 2.40. The van der Waals surface area contributed by atoms with Crippen LogP contribution >= 0.6 is 0 Å². The molecule has 0 aromatic heterocycles. The van der Waals surface area contributed by atoms with E-state index in [1.54, 1.807) is 0 Å². The van der Waals surface area contributed by atoms with Crippen molar-refractivity contribution in [3.63, 3.8) is 0 Å². The average Bonchev–Trinajstić information content (AvgIpc) is 3.12. The topological polar surface area (TPSA) is 60.0 Å². The van der Waals surface area contributed by atoms with Crippen molar-refractivity contribution >= 4 is 11.7 Å². The van der Waals surface area contributed by atoms with E-state index in [1.807, 2.05) is 0 Å². The molecule has 6 nitrogen and oxygen atoms in total. The summed E-state index contributed by atoms with van der Waals surface area (Å²) in [5.41, 5.74) is 1.15. The van der Waals surface area contributed by atoms with Gasteiger partial charge in [-0.25, -0.2) is 4.99 Å². The third-order valence-corrected chi connectivity index (χ3v) is 5.87. The molecule has 2 bridgehead atoms. The first kappa shape index (κ1) is 15.8. The quantitative estimate of drug-likeness (QED) is 0.798. The Morgan fingerprint density at radius 3 is 2.88 bits per heavy atom. The fourth-order valence-corrected chi connectivity index (χ4v) is 4.86. The van der Waals surface area contributed by atoms with E-state index < -0.39 is 0 Å². The third-order valence-electron chi connectivity index (χ3n) is 5.87. The molecule has 0 aromatic carbocycles. The molecule has 0 radical (unpaired) electrons. The largest absolute Gasteiger partial charge is 0.359 e. The second-order valence-electron chi connectivity index (χ2n) is 7.57. The lowest BCUT2D eigenvalue weighted by Crippen LogP contribution is -2.49. The highest BCUT2D eigenvalue weighted by Gasteiger charge is 2.49. The van der Waals surface area contributed by atoms with Crippen LogP contribution in [-0.2, 0) is 4.79 Å². The Labute approximate surface area is 144 Å². The minimum atomic E-state index is 0.0655. The number of hydrogen-bond acceptors (Lipinski definition) is 5. The molecule has 0 spiro atoms. The van der Waals surface area contributed by atoms with Gasteiger partial charge in [0, 0.05) is 37.7 Å². The molecule has 2 N–H and O–H groups in total. The van der Waals surface area contributed by atoms with Crippen LogP contribution in [0.25, 0.3) is 0 Å². The second kappa shape index (κ2) is 6.30. The maximum Gasteiger partial charge on any atom is 0.223 e. The van der Waals surface area contributed by atoms with Crippen LogP contribution in [0.15, 0.2) is 16.9 Å². The van der Waals surface area contributed by atoms with Gasteiger partial charge in [-0.2, -0.15) is 0 Å². The van der Waals surface area contributed by atoms with Crippen molar-refractivity contribution in [1.29, 1.82) is 0 Å². The average molecular weight is 331 g/mol. The van der Waals surface area contributed by atoms with Crippen LogP contribution < -0.4 is 10.6 Å². The zero-order valence-electron chi connectivity index (χ0n) is 14.8. The molecule has 1 saturated heterocycles. The Kier molecular flexibility index (Phi) is 4.14. The zero-order valence-corrected chi connectivity index (χ0v) is 14.8. The molecule has 4 rings (SSSR count). The summed E-state index contributed by atoms with van der Waals surface area (Å²) in [6.45, 7) is 8.28. The number of carbonyl (C=O) groups excluding carboxylic acids is 1. The van der Waals surface area contributed by atoms with Gasteiger partial charge in [-0.05, 0) is 31.6 Å². The van der Waals surface area contributed by atoms with E-state index >= 15 is 0 Å². The SMILES string of the molecule is CCCN1C=C2NC(C3C4CCC3C(=O)NC4)N=C2N(CCC)C1. The lowest BCUT2D eigenvalue weighted by atomic mass is 9.83. The van der Waals surface area contributed by atoms with Gasteiger partial charge in [0.05, 0.1) is 12.4 Å². The summed E-state index contributed by atoms with van der Waals surface area (Å²) in [6.07, 6.45) is 6.73. The van der Waals surface area contributed by atoms with Gasteiger partial charge >= 0.3 is 0 Å². The van der Waals surface area contributed by atoms with Crippen LogP contribution in [0.5, 0.6) is 0 Å². The molecule has 4 atom stereocenters. The van der Waals surface area contributed by atoms with Gasteiger partial charge in [0.1, 0.15) is 6.17 Å². The fourth-order valence-electron chi connectivity index (χ4n) is 4.86. The number of amidine groups is 1. The minimum absolute atomic E-state index is 0.0655. The normalized spacial score (nSPS) is 34.5. The van der Waals surface area contributed by atoms with E-state index in [-0.39, 0.29) is 18.0 Å². The van der Waals surface area contributed by atoms with Crippen molar-refractivity contribution in [2.45, 2.75) is 45.7 Å². The van der Waals surface area contributed by atoms with Crippen LogP contribution in [0.4, 0.5) is 0 Å². The summed E-state index contributed by atoms with van der Waals surface area (Å²) in [5, 5.41) is 6.72. The first-order chi connectivity index (χ1) is 11.7. The maximum absolute atomic E-state index is 12.2. The van der Waals surface area contributed by atoms with Crippen molar-refractivity contribution in [3.8, 4) is 0 Å². The highest BCUT2D eigenvalue weighted by Crippen LogP contribution is 2.43. The lowest BCUT2D eigenvalue weighted by Gasteiger charge is -2.35. The Balaban J connectivity index is 1.58. The molecule has 1 aliphatic carbocycles. The first-order valence-electron chi connectivity index (χ1n) is 9.54. The molecule has 4 aliphatic rings. The fraction of sp³-hybridized carbons (Fsp3) is 0.778. The van der Waals surface area contributed by atoms with Gasteiger partial charge < -0.3 is 20.4 Å². The molecule has 2 fully saturated rings. The van der Waals surface area contributed by atoms with Crippen LogP contribution in [-0.4, -0.2) is 54.0 Å². The number of nitrogens with one attached hydrogen (secondary N) is 2. The monoisotopic (exact) mass is 331 g/mol. The van der Waals surface area contributed by atoms with E-state index in [1.165, 1.54) is 0 Å². The van der Waals surface area contributed by atoms with Gasteiger partial charge in [0.25, 0.3) is 0 Å². The standard InChI is InChI=1S/C18H29N5O/c1-3-7-22-10-14-17(23(11-22)8-4-2)21-16(20-14)15-12-5-6-13(15)18(24)19-9-12/h10,12-13,15-16,20H,3-9,11H2,1-2H3,(H,19,24). The van der Waals surface area contributed by atoms with Crippen molar-refractivity contribution in [2.75, 3.05) is 26.3 Å². The van der Waals surface area contributed by atoms with E-state index in [0.717, 1.165) is 63.5 Å². The number of piperidine rings is 1. The molecule has 0 aromatic rings. The number of aliphatic imine (C=N–C) groups is 1. The van der Waals surface area contributed by atoms with Gasteiger partial charge in [-0.1, -0.05) is 13.8 Å². The second-order valence-corrected chi connectivity index (χ2v) is 7.57. The lowest BCUT2D eigenvalue weighted by molar-refractivity contribution is -0.128. The summed E-state index contributed by atoms with van der Waals surface area (Å²) < 4.78 is 0. The third kappa shape index (κ3) is 2.56. The van der Waals surface area contributed by atoms with E-state index in [0.29, 0.717) is 11.8 Å². The summed E-state index contributed by atoms with van der Waals surface area (Å²) >= 11 is 0. The molecule has 24 heavy (non-hydrogen) atoms. The maximum atomic E-state index is 12.2. The predicted octanol–water partition coefficient (Wildman–Crippen LogP) is 1.32. The molecule has 3 heterocycles. The van der Waals surface area contributed by atoms with Crippen molar-refractivity contribution < 1.29 is 4.79 Å². The number of fused-ring (bicyclic) bond motifs is 3. The van der Waals surface area contributed by atoms with E-state index in [4.69, 9.17) is 4.99 Å². The number of nitrogens with zero attached hydrogens (tertiary/aromatic N) is 3. The first-order valence-corrected chi connectivity index (χ1v) is 9.54. The number of carbonyl (C=O) groups is 1. The van der Waals surface area contributed by atoms with Crippen molar-refractivity contribution in [1.82, 2.24) is 20.4 Å². The van der Waals surface area contributed by atoms with Gasteiger partial charge in [0.2, 0.25) is 5.91 Å². The number of amides is 1. The molecular formula is C18H29N5O. The minimum Gasteiger partial charge on any atom is -0.359 e. The highest BCUT2D eigenvalue weighted by atomic mass is 16.2. The Morgan fingerprint density at radius 1 is 1.25 bits per heavy atom. The van der Waals surface area contributed by atoms with Gasteiger partial charge in [-0.15, -0.1) is 0 Å². The molecule has 6 heteroatoms. The van der Waals surface area contributed by atoms with Crippen LogP contribution in [0.3, 0.4) is 0 Å². The molecule has 4 unspecified atom stereocenters. The molecule has 1 saturated carbocycles. The van der Waals surface area contributed by atoms with Crippen LogP contribution in [0.1, 0.15) is 39.5 Å². The number of hydrogen-bond donors (Lipinski definition) is 2. The Hall–Kier alpha value is -1.72. The molecular weight excluding hydrogens is 302 g/mol. The Bertz CT molecular complexity index is 572. The van der Waals surface area contributed by atoms with Gasteiger partial charge in [0.15, 0.2) is 5.84 Å². The van der Waals surface area contributed by atoms with E-state index in [9.17, 15) is 4.79 Å². The molecule has 1 amide bonds. The van der Waals surface area contributed by atoms with E-state index in [2.05, 4.69) is 40.5 Å². The molecule has 3 aliphatic heterocycles. The molecule has 132 valence electrons. The van der Waals surface area contributed by atoms with Crippen LogP contribution in [0, 0.1) is 17.8 Å². The number of rotatable bonds is 5. The smallest absolute Gasteiger partial charge is 0.223 e. The zero-order chi connectivity index (χ0) is 16.7. The summed E-state index contributed by atoms with van der Waals surface area (Å²) in [7, 11) is 0. The Morgan fingerprint density at radius 2 is 2.08 bits per heavy atom. The predicted molar refractivity (Wildman–Crippen MR) is 94.0 cm³/mol. The van der Waals surface area contributed by atoms with Gasteiger partial charge in [-0.3, -0.25) is 4.79 Å². The highest BCUT2D eigenvalue weighted by molar-refractivity contribution is 6.00. The van der Waals surface area contributed by atoms with Crippen LogP contribution in [0.2, 0.25) is 0 Å². The summed E-state index contributed by atoms with van der Waals surface area (Å²) in [4.78, 5) is 22.0.